The Balaban J connectivity index is 1.61. The van der Waals surface area contributed by atoms with Crippen molar-refractivity contribution in [2.24, 2.45) is 17.8 Å². The van der Waals surface area contributed by atoms with Crippen LogP contribution in [0.25, 0.3) is 0 Å². The lowest BCUT2D eigenvalue weighted by Gasteiger charge is -2.29. The van der Waals surface area contributed by atoms with Crippen LogP contribution in [-0.2, 0) is 4.79 Å². The summed E-state index contributed by atoms with van der Waals surface area (Å²) in [6.45, 7) is 0.829. The molecule has 1 heterocycles. The zero-order chi connectivity index (χ0) is 13.7. The standard InChI is InChI=1S/C16H20N2OS/c17-10-5-6-14-13(9-10)18(7-8-20-14)16(19)15-11-3-1-2-4-12(11)15/h5-6,9,11-12,15H,1-4,7-8,17H2. The molecule has 0 saturated heterocycles. The van der Waals surface area contributed by atoms with E-state index in [2.05, 4.69) is 6.07 Å². The molecule has 0 spiro atoms. The van der Waals surface area contributed by atoms with Crippen LogP contribution in [0, 0.1) is 17.8 Å². The lowest BCUT2D eigenvalue weighted by Crippen LogP contribution is -2.37. The van der Waals surface area contributed by atoms with Crippen LogP contribution in [0.4, 0.5) is 11.4 Å². The molecule has 2 aliphatic carbocycles. The van der Waals surface area contributed by atoms with Gasteiger partial charge in [-0.15, -0.1) is 11.8 Å². The maximum absolute atomic E-state index is 12.9. The molecule has 2 fully saturated rings. The Hall–Kier alpha value is -1.16. The van der Waals surface area contributed by atoms with E-state index in [-0.39, 0.29) is 0 Å². The zero-order valence-corrected chi connectivity index (χ0v) is 12.4. The van der Waals surface area contributed by atoms with E-state index in [1.54, 1.807) is 0 Å². The lowest BCUT2D eigenvalue weighted by molar-refractivity contribution is -0.120. The van der Waals surface area contributed by atoms with Crippen molar-refractivity contribution < 1.29 is 4.79 Å². The fraction of sp³-hybridized carbons (Fsp3) is 0.562. The monoisotopic (exact) mass is 288 g/mol. The molecule has 1 aromatic carbocycles. The number of rotatable bonds is 1. The zero-order valence-electron chi connectivity index (χ0n) is 11.5. The SMILES string of the molecule is Nc1ccc2c(c1)N(C(=O)C1C3CCCCC31)CCS2. The maximum Gasteiger partial charge on any atom is 0.230 e. The molecular weight excluding hydrogens is 268 g/mol. The van der Waals surface area contributed by atoms with Gasteiger partial charge in [-0.05, 0) is 42.9 Å². The minimum Gasteiger partial charge on any atom is -0.399 e. The van der Waals surface area contributed by atoms with Crippen LogP contribution in [-0.4, -0.2) is 18.2 Å². The summed E-state index contributed by atoms with van der Waals surface area (Å²) in [6.07, 6.45) is 5.13. The molecule has 1 amide bonds. The van der Waals surface area contributed by atoms with Gasteiger partial charge in [0.15, 0.2) is 0 Å². The predicted molar refractivity (Wildman–Crippen MR) is 82.9 cm³/mol. The van der Waals surface area contributed by atoms with Gasteiger partial charge in [0.25, 0.3) is 0 Å². The second-order valence-corrected chi connectivity index (χ2v) is 7.34. The van der Waals surface area contributed by atoms with Crippen molar-refractivity contribution in [2.75, 3.05) is 22.9 Å². The Bertz CT molecular complexity index is 547. The van der Waals surface area contributed by atoms with Gasteiger partial charge in [-0.3, -0.25) is 4.79 Å². The molecule has 20 heavy (non-hydrogen) atoms. The number of anilines is 2. The second-order valence-electron chi connectivity index (χ2n) is 6.20. The van der Waals surface area contributed by atoms with E-state index in [1.807, 2.05) is 28.8 Å². The van der Waals surface area contributed by atoms with Gasteiger partial charge in [0.2, 0.25) is 5.91 Å². The number of fused-ring (bicyclic) bond motifs is 2. The Kier molecular flexibility index (Phi) is 2.95. The molecule has 2 saturated carbocycles. The summed E-state index contributed by atoms with van der Waals surface area (Å²) in [6, 6.07) is 5.94. The fourth-order valence-electron chi connectivity index (χ4n) is 4.00. The van der Waals surface area contributed by atoms with Crippen LogP contribution in [0.5, 0.6) is 0 Å². The molecule has 106 valence electrons. The summed E-state index contributed by atoms with van der Waals surface area (Å²) in [7, 11) is 0. The van der Waals surface area contributed by atoms with Crippen molar-refractivity contribution >= 4 is 29.0 Å². The number of benzene rings is 1. The molecule has 1 aliphatic heterocycles. The maximum atomic E-state index is 12.9. The summed E-state index contributed by atoms with van der Waals surface area (Å²) >= 11 is 1.83. The predicted octanol–water partition coefficient (Wildman–Crippen LogP) is 3.14. The van der Waals surface area contributed by atoms with Crippen molar-refractivity contribution in [2.45, 2.75) is 30.6 Å². The summed E-state index contributed by atoms with van der Waals surface area (Å²) in [4.78, 5) is 16.1. The number of nitrogen functional groups attached to an aromatic ring is 1. The van der Waals surface area contributed by atoms with Gasteiger partial charge < -0.3 is 10.6 Å². The second kappa shape index (κ2) is 4.69. The van der Waals surface area contributed by atoms with Crippen LogP contribution in [0.3, 0.4) is 0 Å². The Morgan fingerprint density at radius 2 is 2.00 bits per heavy atom. The molecular formula is C16H20N2OS. The van der Waals surface area contributed by atoms with Gasteiger partial charge >= 0.3 is 0 Å². The summed E-state index contributed by atoms with van der Waals surface area (Å²) in [5.41, 5.74) is 7.69. The topological polar surface area (TPSA) is 46.3 Å². The summed E-state index contributed by atoms with van der Waals surface area (Å²) in [5.74, 6) is 3.00. The number of hydrogen-bond donors (Lipinski definition) is 1. The fourth-order valence-corrected chi connectivity index (χ4v) is 4.98. The quantitative estimate of drug-likeness (QED) is 0.808. The molecule has 0 aromatic heterocycles. The molecule has 0 radical (unpaired) electrons. The van der Waals surface area contributed by atoms with Crippen molar-refractivity contribution in [1.82, 2.24) is 0 Å². The molecule has 3 aliphatic rings. The van der Waals surface area contributed by atoms with Gasteiger partial charge in [-0.2, -0.15) is 0 Å². The van der Waals surface area contributed by atoms with E-state index in [0.29, 0.717) is 23.7 Å². The van der Waals surface area contributed by atoms with Crippen molar-refractivity contribution in [1.29, 1.82) is 0 Å². The first-order valence-electron chi connectivity index (χ1n) is 7.59. The van der Waals surface area contributed by atoms with Crippen LogP contribution < -0.4 is 10.6 Å². The highest BCUT2D eigenvalue weighted by atomic mass is 32.2. The molecule has 0 bridgehead atoms. The van der Waals surface area contributed by atoms with Crippen molar-refractivity contribution in [3.63, 3.8) is 0 Å². The third-order valence-corrected chi connectivity index (χ3v) is 6.10. The number of carbonyl (C=O) groups excluding carboxylic acids is 1. The van der Waals surface area contributed by atoms with Crippen molar-refractivity contribution in [3.8, 4) is 0 Å². The summed E-state index contributed by atoms with van der Waals surface area (Å²) in [5, 5.41) is 0. The first kappa shape index (κ1) is 12.6. The van der Waals surface area contributed by atoms with Crippen LogP contribution in [0.2, 0.25) is 0 Å². The average molecular weight is 288 g/mol. The highest BCUT2D eigenvalue weighted by Gasteiger charge is 2.56. The summed E-state index contributed by atoms with van der Waals surface area (Å²) < 4.78 is 0. The van der Waals surface area contributed by atoms with E-state index in [4.69, 9.17) is 5.73 Å². The Morgan fingerprint density at radius 1 is 1.25 bits per heavy atom. The molecule has 2 unspecified atom stereocenters. The van der Waals surface area contributed by atoms with E-state index in [9.17, 15) is 4.79 Å². The number of thioether (sulfide) groups is 1. The highest BCUT2D eigenvalue weighted by molar-refractivity contribution is 7.99. The smallest absolute Gasteiger partial charge is 0.230 e. The van der Waals surface area contributed by atoms with E-state index < -0.39 is 0 Å². The van der Waals surface area contributed by atoms with E-state index in [1.165, 1.54) is 30.6 Å². The van der Waals surface area contributed by atoms with Gasteiger partial charge in [-0.25, -0.2) is 0 Å². The molecule has 3 nitrogen and oxygen atoms in total. The van der Waals surface area contributed by atoms with Gasteiger partial charge in [0.05, 0.1) is 5.69 Å². The third kappa shape index (κ3) is 1.93. The first-order valence-corrected chi connectivity index (χ1v) is 8.58. The van der Waals surface area contributed by atoms with Crippen LogP contribution in [0.15, 0.2) is 23.1 Å². The van der Waals surface area contributed by atoms with Gasteiger partial charge in [-0.1, -0.05) is 12.8 Å². The molecule has 1 aromatic rings. The lowest BCUT2D eigenvalue weighted by atomic mass is 10.0. The van der Waals surface area contributed by atoms with Crippen molar-refractivity contribution in [3.05, 3.63) is 18.2 Å². The number of hydrogen-bond acceptors (Lipinski definition) is 3. The molecule has 2 atom stereocenters. The Labute approximate surface area is 123 Å². The number of amides is 1. The van der Waals surface area contributed by atoms with Gasteiger partial charge in [0, 0.05) is 28.8 Å². The van der Waals surface area contributed by atoms with E-state index in [0.717, 1.165) is 23.7 Å². The van der Waals surface area contributed by atoms with Crippen LogP contribution in [0.1, 0.15) is 25.7 Å². The number of nitrogens with zero attached hydrogens (tertiary/aromatic N) is 1. The highest BCUT2D eigenvalue weighted by Crippen LogP contribution is 2.56. The largest absolute Gasteiger partial charge is 0.399 e. The average Bonchev–Trinajstić information content (AvgIpc) is 3.20. The minimum atomic E-state index is 0.301. The van der Waals surface area contributed by atoms with Crippen LogP contribution >= 0.6 is 11.8 Å². The third-order valence-electron chi connectivity index (χ3n) is 5.05. The minimum absolute atomic E-state index is 0.301. The normalized spacial score (nSPS) is 31.4. The van der Waals surface area contributed by atoms with E-state index >= 15 is 0 Å². The molecule has 4 rings (SSSR count). The Morgan fingerprint density at radius 3 is 2.75 bits per heavy atom. The first-order chi connectivity index (χ1) is 9.75. The number of nitrogens with two attached hydrogens (primary N) is 1. The molecule has 2 N–H and O–H groups in total. The molecule has 4 heteroatoms. The van der Waals surface area contributed by atoms with Gasteiger partial charge in [0.1, 0.15) is 0 Å². The number of carbonyl (C=O) groups is 1.